The maximum absolute atomic E-state index is 12.3. The van der Waals surface area contributed by atoms with Crippen molar-refractivity contribution in [1.82, 2.24) is 14.9 Å². The van der Waals surface area contributed by atoms with Gasteiger partial charge in [0.1, 0.15) is 9.88 Å². The maximum Gasteiger partial charge on any atom is 0.265 e. The second-order valence-electron chi connectivity index (χ2n) is 4.54. The second-order valence-corrected chi connectivity index (χ2v) is 5.58. The third kappa shape index (κ3) is 2.50. The molecule has 1 saturated heterocycles. The summed E-state index contributed by atoms with van der Waals surface area (Å²) in [5.41, 5.74) is 6.62. The molecule has 5 nitrogen and oxygen atoms in total. The Morgan fingerprint density at radius 2 is 2.32 bits per heavy atom. The first kappa shape index (κ1) is 12.3. The van der Waals surface area contributed by atoms with Gasteiger partial charge in [-0.15, -0.1) is 11.3 Å². The first-order valence-electron chi connectivity index (χ1n) is 6.16. The Morgan fingerprint density at radius 3 is 3.00 bits per heavy atom. The molecule has 98 valence electrons. The van der Waals surface area contributed by atoms with E-state index < -0.39 is 0 Å². The summed E-state index contributed by atoms with van der Waals surface area (Å²) in [6.45, 7) is 1.37. The monoisotopic (exact) mass is 274 g/mol. The fraction of sp³-hybridized carbons (Fsp3) is 0.308. The number of nitrogens with two attached hydrogens (primary N) is 1. The van der Waals surface area contributed by atoms with Crippen molar-refractivity contribution in [1.29, 1.82) is 0 Å². The highest BCUT2D eigenvalue weighted by Crippen LogP contribution is 2.25. The van der Waals surface area contributed by atoms with Crippen LogP contribution in [0.4, 0.5) is 0 Å². The average Bonchev–Trinajstić information content (AvgIpc) is 3.08. The quantitative estimate of drug-likeness (QED) is 0.898. The van der Waals surface area contributed by atoms with Gasteiger partial charge in [0.25, 0.3) is 5.91 Å². The molecule has 0 saturated carbocycles. The van der Waals surface area contributed by atoms with Crippen molar-refractivity contribution in [2.24, 2.45) is 5.73 Å². The molecule has 1 atom stereocenters. The Labute approximate surface area is 115 Å². The van der Waals surface area contributed by atoms with Crippen LogP contribution in [0.3, 0.4) is 0 Å². The number of likely N-dealkylation sites (tertiary alicyclic amines) is 1. The first-order valence-corrected chi connectivity index (χ1v) is 6.98. The minimum Gasteiger partial charge on any atom is -0.336 e. The Morgan fingerprint density at radius 1 is 1.42 bits per heavy atom. The molecule has 2 aromatic rings. The van der Waals surface area contributed by atoms with Crippen LogP contribution in [0.2, 0.25) is 0 Å². The van der Waals surface area contributed by atoms with Crippen molar-refractivity contribution < 1.29 is 4.79 Å². The predicted molar refractivity (Wildman–Crippen MR) is 73.8 cm³/mol. The summed E-state index contributed by atoms with van der Waals surface area (Å²) in [7, 11) is 0. The Balaban J connectivity index is 1.80. The second kappa shape index (κ2) is 5.07. The fourth-order valence-electron chi connectivity index (χ4n) is 2.11. The lowest BCUT2D eigenvalue weighted by molar-refractivity contribution is 0.0795. The zero-order valence-electron chi connectivity index (χ0n) is 10.3. The highest BCUT2D eigenvalue weighted by atomic mass is 32.1. The van der Waals surface area contributed by atoms with Crippen molar-refractivity contribution in [2.75, 3.05) is 13.1 Å². The summed E-state index contributed by atoms with van der Waals surface area (Å²) in [5, 5.41) is 0.771. The number of carbonyl (C=O) groups excluding carboxylic acids is 1. The summed E-state index contributed by atoms with van der Waals surface area (Å²) >= 11 is 1.38. The topological polar surface area (TPSA) is 72.1 Å². The number of carbonyl (C=O) groups is 1. The van der Waals surface area contributed by atoms with Crippen LogP contribution >= 0.6 is 11.3 Å². The number of rotatable bonds is 2. The van der Waals surface area contributed by atoms with E-state index in [0.29, 0.717) is 11.4 Å². The summed E-state index contributed by atoms with van der Waals surface area (Å²) in [6, 6.07) is 5.75. The average molecular weight is 274 g/mol. The van der Waals surface area contributed by atoms with E-state index >= 15 is 0 Å². The standard InChI is InChI=1S/C13H14N4OS/c14-9-4-6-17(8-9)13(18)11-7-16-12(19-11)10-3-1-2-5-15-10/h1-3,5,7,9H,4,6,8,14H2. The van der Waals surface area contributed by atoms with E-state index in [9.17, 15) is 4.79 Å². The van der Waals surface area contributed by atoms with Crippen LogP contribution in [0.25, 0.3) is 10.7 Å². The number of hydrogen-bond donors (Lipinski definition) is 1. The van der Waals surface area contributed by atoms with Gasteiger partial charge in [0.05, 0.1) is 11.9 Å². The zero-order valence-corrected chi connectivity index (χ0v) is 11.1. The summed E-state index contributed by atoms with van der Waals surface area (Å²) < 4.78 is 0. The van der Waals surface area contributed by atoms with E-state index in [1.54, 1.807) is 17.3 Å². The van der Waals surface area contributed by atoms with E-state index in [0.717, 1.165) is 23.7 Å². The Kier molecular flexibility index (Phi) is 3.27. The number of amides is 1. The van der Waals surface area contributed by atoms with Gasteiger partial charge in [-0.1, -0.05) is 6.07 Å². The normalized spacial score (nSPS) is 18.8. The molecule has 0 aromatic carbocycles. The van der Waals surface area contributed by atoms with Crippen molar-refractivity contribution in [3.05, 3.63) is 35.5 Å². The number of nitrogens with zero attached hydrogens (tertiary/aromatic N) is 3. The molecular weight excluding hydrogens is 260 g/mol. The summed E-state index contributed by atoms with van der Waals surface area (Å²) in [6.07, 6.45) is 4.22. The lowest BCUT2D eigenvalue weighted by atomic mass is 10.3. The maximum atomic E-state index is 12.3. The van der Waals surface area contributed by atoms with Crippen molar-refractivity contribution >= 4 is 17.2 Å². The molecule has 6 heteroatoms. The lowest BCUT2D eigenvalue weighted by Gasteiger charge is -2.13. The van der Waals surface area contributed by atoms with Gasteiger partial charge in [-0.2, -0.15) is 0 Å². The molecule has 1 unspecified atom stereocenters. The van der Waals surface area contributed by atoms with Gasteiger partial charge in [0.2, 0.25) is 0 Å². The molecule has 3 heterocycles. The van der Waals surface area contributed by atoms with E-state index in [4.69, 9.17) is 5.73 Å². The fourth-order valence-corrected chi connectivity index (χ4v) is 2.97. The largest absolute Gasteiger partial charge is 0.336 e. The minimum atomic E-state index is 0.0210. The third-order valence-corrected chi connectivity index (χ3v) is 4.12. The molecule has 1 fully saturated rings. The molecule has 19 heavy (non-hydrogen) atoms. The molecule has 0 spiro atoms. The molecular formula is C13H14N4OS. The van der Waals surface area contributed by atoms with Crippen LogP contribution in [0, 0.1) is 0 Å². The van der Waals surface area contributed by atoms with Crippen LogP contribution in [0.1, 0.15) is 16.1 Å². The van der Waals surface area contributed by atoms with E-state index in [-0.39, 0.29) is 11.9 Å². The first-order chi connectivity index (χ1) is 9.24. The van der Waals surface area contributed by atoms with Crippen LogP contribution < -0.4 is 5.73 Å². The van der Waals surface area contributed by atoms with E-state index in [1.807, 2.05) is 18.2 Å². The van der Waals surface area contributed by atoms with Gasteiger partial charge >= 0.3 is 0 Å². The Bertz CT molecular complexity index is 583. The molecule has 3 rings (SSSR count). The molecule has 2 aromatic heterocycles. The van der Waals surface area contributed by atoms with Crippen molar-refractivity contribution in [3.63, 3.8) is 0 Å². The van der Waals surface area contributed by atoms with Crippen LogP contribution in [-0.2, 0) is 0 Å². The molecule has 0 radical (unpaired) electrons. The number of aromatic nitrogens is 2. The van der Waals surface area contributed by atoms with Crippen molar-refractivity contribution in [2.45, 2.75) is 12.5 Å². The van der Waals surface area contributed by atoms with Gasteiger partial charge in [0.15, 0.2) is 0 Å². The summed E-state index contributed by atoms with van der Waals surface area (Å²) in [5.74, 6) is 0.0210. The van der Waals surface area contributed by atoms with E-state index in [2.05, 4.69) is 9.97 Å². The third-order valence-electron chi connectivity index (χ3n) is 3.11. The van der Waals surface area contributed by atoms with Crippen molar-refractivity contribution in [3.8, 4) is 10.7 Å². The smallest absolute Gasteiger partial charge is 0.265 e. The van der Waals surface area contributed by atoms with Crippen LogP contribution in [0.15, 0.2) is 30.6 Å². The molecule has 2 N–H and O–H groups in total. The number of pyridine rings is 1. The van der Waals surface area contributed by atoms with Crippen LogP contribution in [0.5, 0.6) is 0 Å². The molecule has 0 bridgehead atoms. The van der Waals surface area contributed by atoms with E-state index in [1.165, 1.54) is 11.3 Å². The molecule has 1 aliphatic rings. The van der Waals surface area contributed by atoms with Gasteiger partial charge in [0, 0.05) is 25.3 Å². The molecule has 1 aliphatic heterocycles. The highest BCUT2D eigenvalue weighted by molar-refractivity contribution is 7.16. The predicted octanol–water partition coefficient (Wildman–Crippen LogP) is 1.38. The zero-order chi connectivity index (χ0) is 13.2. The van der Waals surface area contributed by atoms with Crippen LogP contribution in [-0.4, -0.2) is 39.9 Å². The van der Waals surface area contributed by atoms with Gasteiger partial charge < -0.3 is 10.6 Å². The highest BCUT2D eigenvalue weighted by Gasteiger charge is 2.26. The molecule has 0 aliphatic carbocycles. The SMILES string of the molecule is NC1CCN(C(=O)c2cnc(-c3ccccn3)s2)C1. The molecule has 1 amide bonds. The number of hydrogen-bond acceptors (Lipinski definition) is 5. The summed E-state index contributed by atoms with van der Waals surface area (Å²) in [4.78, 5) is 23.2. The Hall–Kier alpha value is -1.79. The number of thiazole rings is 1. The minimum absolute atomic E-state index is 0.0210. The lowest BCUT2D eigenvalue weighted by Crippen LogP contribution is -2.31. The van der Waals surface area contributed by atoms with Gasteiger partial charge in [-0.25, -0.2) is 4.98 Å². The van der Waals surface area contributed by atoms with Gasteiger partial charge in [-0.05, 0) is 18.6 Å². The van der Waals surface area contributed by atoms with Gasteiger partial charge in [-0.3, -0.25) is 9.78 Å².